The van der Waals surface area contributed by atoms with Crippen LogP contribution in [-0.2, 0) is 16.1 Å². The van der Waals surface area contributed by atoms with E-state index in [0.717, 1.165) is 11.8 Å². The number of aromatic nitrogens is 2. The van der Waals surface area contributed by atoms with Gasteiger partial charge in [-0.2, -0.15) is 0 Å². The lowest BCUT2D eigenvalue weighted by Gasteiger charge is -2.12. The van der Waals surface area contributed by atoms with Crippen LogP contribution in [0.25, 0.3) is 10.2 Å². The van der Waals surface area contributed by atoms with E-state index in [1.807, 2.05) is 0 Å². The van der Waals surface area contributed by atoms with Gasteiger partial charge in [0.1, 0.15) is 10.5 Å². The second-order valence-corrected chi connectivity index (χ2v) is 7.31. The molecule has 0 fully saturated rings. The van der Waals surface area contributed by atoms with Gasteiger partial charge in [0.05, 0.1) is 11.3 Å². The van der Waals surface area contributed by atoms with Crippen LogP contribution < -0.4 is 16.0 Å². The number of thioether (sulfide) groups is 1. The van der Waals surface area contributed by atoms with Crippen LogP contribution >= 0.6 is 23.1 Å². The Bertz CT molecular complexity index is 1050. The highest BCUT2D eigenvalue weighted by atomic mass is 32.2. The first-order valence-corrected chi connectivity index (χ1v) is 9.66. The maximum Gasteiger partial charge on any atom is 0.272 e. The van der Waals surface area contributed by atoms with Gasteiger partial charge in [0.15, 0.2) is 5.16 Å². The molecule has 0 bridgehead atoms. The van der Waals surface area contributed by atoms with E-state index in [4.69, 9.17) is 0 Å². The zero-order chi connectivity index (χ0) is 19.4. The van der Waals surface area contributed by atoms with Crippen LogP contribution in [0.15, 0.2) is 45.7 Å². The van der Waals surface area contributed by atoms with E-state index in [2.05, 4.69) is 10.3 Å². The average molecular weight is 406 g/mol. The number of nitrogens with one attached hydrogen (secondary N) is 1. The minimum Gasteiger partial charge on any atom is -0.550 e. The maximum absolute atomic E-state index is 12.9. The molecule has 2 aromatic heterocycles. The van der Waals surface area contributed by atoms with Crippen molar-refractivity contribution >= 4 is 50.9 Å². The number of rotatable bonds is 7. The molecular formula is C17H13FN3O4S2-. The van der Waals surface area contributed by atoms with Crippen molar-refractivity contribution in [1.29, 1.82) is 0 Å². The van der Waals surface area contributed by atoms with E-state index in [1.165, 1.54) is 40.2 Å². The van der Waals surface area contributed by atoms with E-state index < -0.39 is 11.8 Å². The highest BCUT2D eigenvalue weighted by Crippen LogP contribution is 2.21. The molecule has 0 aliphatic carbocycles. The number of carboxylic acids is 1. The monoisotopic (exact) mass is 406 g/mol. The van der Waals surface area contributed by atoms with Gasteiger partial charge in [-0.15, -0.1) is 11.3 Å². The van der Waals surface area contributed by atoms with Crippen molar-refractivity contribution in [2.75, 3.05) is 11.1 Å². The van der Waals surface area contributed by atoms with Crippen molar-refractivity contribution in [2.45, 2.75) is 18.1 Å². The molecule has 10 heteroatoms. The van der Waals surface area contributed by atoms with E-state index >= 15 is 0 Å². The summed E-state index contributed by atoms with van der Waals surface area (Å²) >= 11 is 2.24. The van der Waals surface area contributed by atoms with Gasteiger partial charge in [0.2, 0.25) is 5.91 Å². The number of fused-ring (bicyclic) bond motifs is 1. The number of benzene rings is 1. The Kier molecular flexibility index (Phi) is 5.87. The topological polar surface area (TPSA) is 104 Å². The number of carboxylic acid groups (broad SMARTS) is 1. The Morgan fingerprint density at radius 3 is 2.70 bits per heavy atom. The summed E-state index contributed by atoms with van der Waals surface area (Å²) in [7, 11) is 0. The summed E-state index contributed by atoms with van der Waals surface area (Å²) in [5.74, 6) is -2.10. The lowest BCUT2D eigenvalue weighted by atomic mass is 10.3. The summed E-state index contributed by atoms with van der Waals surface area (Å²) in [6.45, 7) is -0.0933. The van der Waals surface area contributed by atoms with Gasteiger partial charge in [0.25, 0.3) is 5.56 Å². The molecule has 0 aliphatic heterocycles. The predicted molar refractivity (Wildman–Crippen MR) is 99.3 cm³/mol. The fraction of sp³-hybridized carbons (Fsp3) is 0.176. The lowest BCUT2D eigenvalue weighted by Crippen LogP contribution is -2.29. The molecule has 2 heterocycles. The molecule has 3 rings (SSSR count). The first kappa shape index (κ1) is 19.1. The Morgan fingerprint density at radius 1 is 1.26 bits per heavy atom. The van der Waals surface area contributed by atoms with Crippen molar-refractivity contribution < 1.29 is 19.1 Å². The molecule has 1 aromatic carbocycles. The molecule has 27 heavy (non-hydrogen) atoms. The number of anilines is 1. The molecule has 3 aromatic rings. The zero-order valence-corrected chi connectivity index (χ0v) is 15.4. The minimum atomic E-state index is -1.28. The summed E-state index contributed by atoms with van der Waals surface area (Å²) in [6, 6.07) is 7.01. The third-order valence-corrected chi connectivity index (χ3v) is 5.40. The zero-order valence-electron chi connectivity index (χ0n) is 13.8. The molecule has 0 spiro atoms. The largest absolute Gasteiger partial charge is 0.550 e. The molecule has 1 N–H and O–H groups in total. The smallest absolute Gasteiger partial charge is 0.272 e. The summed E-state index contributed by atoms with van der Waals surface area (Å²) in [4.78, 5) is 39.8. The van der Waals surface area contributed by atoms with Crippen LogP contribution in [0.4, 0.5) is 10.1 Å². The second kappa shape index (κ2) is 8.31. The van der Waals surface area contributed by atoms with Crippen molar-refractivity contribution in [2.24, 2.45) is 0 Å². The van der Waals surface area contributed by atoms with Crippen LogP contribution in [-0.4, -0.2) is 27.2 Å². The number of carbonyl (C=O) groups excluding carboxylic acids is 2. The molecule has 7 nitrogen and oxygen atoms in total. The third-order valence-electron chi connectivity index (χ3n) is 3.53. The van der Waals surface area contributed by atoms with Crippen molar-refractivity contribution in [3.63, 3.8) is 0 Å². The molecule has 0 saturated carbocycles. The van der Waals surface area contributed by atoms with Gasteiger partial charge in [-0.05, 0) is 35.7 Å². The highest BCUT2D eigenvalue weighted by molar-refractivity contribution is 7.99. The molecule has 140 valence electrons. The van der Waals surface area contributed by atoms with Gasteiger partial charge in [0, 0.05) is 24.6 Å². The first-order valence-electron chi connectivity index (χ1n) is 7.80. The van der Waals surface area contributed by atoms with Gasteiger partial charge >= 0.3 is 0 Å². The van der Waals surface area contributed by atoms with Crippen LogP contribution in [0, 0.1) is 5.82 Å². The van der Waals surface area contributed by atoms with Gasteiger partial charge in [-0.1, -0.05) is 11.8 Å². The third kappa shape index (κ3) is 4.72. The molecule has 0 unspecified atom stereocenters. The Hall–Kier alpha value is -2.72. The lowest BCUT2D eigenvalue weighted by molar-refractivity contribution is -0.306. The molecule has 0 aliphatic rings. The van der Waals surface area contributed by atoms with Gasteiger partial charge in [-0.25, -0.2) is 9.37 Å². The number of carbonyl (C=O) groups is 2. The number of hydrogen-bond donors (Lipinski definition) is 1. The van der Waals surface area contributed by atoms with Crippen LogP contribution in [0.3, 0.4) is 0 Å². The SMILES string of the molecule is O=C([O-])CCn1c(SCC(=O)Nc2ccc(F)cc2)nc2ccsc2c1=O. The van der Waals surface area contributed by atoms with E-state index in [0.29, 0.717) is 15.9 Å². The molecule has 0 atom stereocenters. The Morgan fingerprint density at radius 2 is 2.00 bits per heavy atom. The summed E-state index contributed by atoms with van der Waals surface area (Å²) in [5.41, 5.74) is 0.589. The number of hydrogen-bond acceptors (Lipinski definition) is 7. The number of aliphatic carboxylic acids is 1. The Balaban J connectivity index is 1.77. The van der Waals surface area contributed by atoms with Crippen molar-refractivity contribution in [3.8, 4) is 0 Å². The van der Waals surface area contributed by atoms with Crippen molar-refractivity contribution in [1.82, 2.24) is 9.55 Å². The van der Waals surface area contributed by atoms with E-state index in [1.54, 1.807) is 11.4 Å². The molecular weight excluding hydrogens is 393 g/mol. The number of nitrogens with zero attached hydrogens (tertiary/aromatic N) is 2. The summed E-state index contributed by atoms with van der Waals surface area (Å²) in [6.07, 6.45) is -0.339. The van der Waals surface area contributed by atoms with Crippen LogP contribution in [0.5, 0.6) is 0 Å². The van der Waals surface area contributed by atoms with Crippen molar-refractivity contribution in [3.05, 3.63) is 51.9 Å². The molecule has 0 radical (unpaired) electrons. The number of halogens is 1. The fourth-order valence-corrected chi connectivity index (χ4v) is 3.90. The van der Waals surface area contributed by atoms with Crippen LogP contribution in [0.1, 0.15) is 6.42 Å². The van der Waals surface area contributed by atoms with Gasteiger partial charge < -0.3 is 15.2 Å². The van der Waals surface area contributed by atoms with Gasteiger partial charge in [-0.3, -0.25) is 14.2 Å². The normalized spacial score (nSPS) is 10.9. The Labute approximate surface area is 160 Å². The summed E-state index contributed by atoms with van der Waals surface area (Å²) in [5, 5.41) is 15.3. The highest BCUT2D eigenvalue weighted by Gasteiger charge is 2.14. The first-order chi connectivity index (χ1) is 12.9. The fourth-order valence-electron chi connectivity index (χ4n) is 2.29. The van der Waals surface area contributed by atoms with E-state index in [9.17, 15) is 23.9 Å². The quantitative estimate of drug-likeness (QED) is 0.471. The maximum atomic E-state index is 12.9. The minimum absolute atomic E-state index is 0.0508. The second-order valence-electron chi connectivity index (χ2n) is 5.45. The summed E-state index contributed by atoms with van der Waals surface area (Å²) < 4.78 is 14.6. The molecule has 0 saturated heterocycles. The van der Waals surface area contributed by atoms with E-state index in [-0.39, 0.29) is 35.3 Å². The standard InChI is InChI=1S/C17H14FN3O4S2/c18-10-1-3-11(4-2-10)19-13(22)9-27-17-20-12-6-8-26-15(12)16(25)21(17)7-5-14(23)24/h1-4,6,8H,5,7,9H2,(H,19,22)(H,23,24)/p-1. The average Bonchev–Trinajstić information content (AvgIpc) is 3.10. The molecule has 1 amide bonds. The number of amides is 1. The number of thiophene rings is 1. The predicted octanol–water partition coefficient (Wildman–Crippen LogP) is 1.47. The van der Waals surface area contributed by atoms with Crippen LogP contribution in [0.2, 0.25) is 0 Å².